The molecule has 190 valence electrons. The summed E-state index contributed by atoms with van der Waals surface area (Å²) in [7, 11) is 0. The highest BCUT2D eigenvalue weighted by molar-refractivity contribution is 9.10. The van der Waals surface area contributed by atoms with Crippen LogP contribution >= 0.6 is 27.7 Å². The number of carbonyl (C=O) groups excluding carboxylic acids is 3. The van der Waals surface area contributed by atoms with Gasteiger partial charge in [0.15, 0.2) is 0 Å². The van der Waals surface area contributed by atoms with Crippen LogP contribution in [0.4, 0.5) is 4.79 Å². The molecule has 0 saturated carbocycles. The molecule has 2 aliphatic heterocycles. The predicted molar refractivity (Wildman–Crippen MR) is 150 cm³/mol. The van der Waals surface area contributed by atoms with Crippen LogP contribution in [0.5, 0.6) is 5.75 Å². The molecule has 37 heavy (non-hydrogen) atoms. The van der Waals surface area contributed by atoms with E-state index in [-0.39, 0.29) is 17.4 Å². The van der Waals surface area contributed by atoms with Crippen molar-refractivity contribution in [2.24, 2.45) is 0 Å². The number of likely N-dealkylation sites (tertiary alicyclic amines) is 1. The second-order valence-corrected chi connectivity index (χ2v) is 11.1. The van der Waals surface area contributed by atoms with Crippen molar-refractivity contribution in [1.29, 1.82) is 0 Å². The van der Waals surface area contributed by atoms with Crippen molar-refractivity contribution in [2.75, 3.05) is 19.6 Å². The van der Waals surface area contributed by atoms with E-state index in [1.807, 2.05) is 36.4 Å². The summed E-state index contributed by atoms with van der Waals surface area (Å²) in [6.07, 6.45) is 5.79. The predicted octanol–water partition coefficient (Wildman–Crippen LogP) is 6.62. The quantitative estimate of drug-likeness (QED) is 0.307. The summed E-state index contributed by atoms with van der Waals surface area (Å²) in [6, 6.07) is 19.9. The van der Waals surface area contributed by atoms with E-state index in [0.29, 0.717) is 31.0 Å². The van der Waals surface area contributed by atoms with E-state index in [2.05, 4.69) is 40.2 Å². The van der Waals surface area contributed by atoms with Gasteiger partial charge in [-0.1, -0.05) is 65.2 Å². The molecule has 3 amide bonds. The van der Waals surface area contributed by atoms with Crippen LogP contribution in [-0.2, 0) is 16.2 Å². The first-order valence-electron chi connectivity index (χ1n) is 12.4. The second-order valence-electron chi connectivity index (χ2n) is 9.22. The fourth-order valence-electron chi connectivity index (χ4n) is 4.59. The third-order valence-electron chi connectivity index (χ3n) is 6.59. The van der Waals surface area contributed by atoms with Gasteiger partial charge in [-0.25, -0.2) is 0 Å². The van der Waals surface area contributed by atoms with Crippen LogP contribution in [0.3, 0.4) is 0 Å². The maximum Gasteiger partial charge on any atom is 0.294 e. The van der Waals surface area contributed by atoms with Gasteiger partial charge in [0.1, 0.15) is 18.9 Å². The lowest BCUT2D eigenvalue weighted by Gasteiger charge is -2.22. The minimum Gasteiger partial charge on any atom is -0.488 e. The van der Waals surface area contributed by atoms with Gasteiger partial charge in [0.05, 0.1) is 4.91 Å². The summed E-state index contributed by atoms with van der Waals surface area (Å²) in [5.74, 6) is -0.0188. The zero-order valence-electron chi connectivity index (χ0n) is 20.3. The molecule has 3 aromatic carbocycles. The average Bonchev–Trinajstić information content (AvgIpc) is 3.08. The third-order valence-corrected chi connectivity index (χ3v) is 7.99. The van der Waals surface area contributed by atoms with Gasteiger partial charge in [-0.15, -0.1) is 0 Å². The monoisotopic (exact) mass is 578 g/mol. The van der Waals surface area contributed by atoms with E-state index in [1.165, 1.54) is 5.39 Å². The fourth-order valence-corrected chi connectivity index (χ4v) is 5.79. The first-order chi connectivity index (χ1) is 18.0. The third kappa shape index (κ3) is 6.08. The van der Waals surface area contributed by atoms with Crippen LogP contribution in [0.15, 0.2) is 70.0 Å². The molecular weight excluding hydrogens is 552 g/mol. The Kier molecular flexibility index (Phi) is 7.96. The number of rotatable bonds is 6. The van der Waals surface area contributed by atoms with Gasteiger partial charge in [-0.05, 0) is 71.3 Å². The Labute approximate surface area is 228 Å². The van der Waals surface area contributed by atoms with E-state index >= 15 is 0 Å². The highest BCUT2D eigenvalue weighted by Crippen LogP contribution is 2.35. The summed E-state index contributed by atoms with van der Waals surface area (Å²) in [5.41, 5.74) is 1.71. The number of ether oxygens (including phenoxy) is 1. The molecule has 0 aromatic heterocycles. The van der Waals surface area contributed by atoms with Gasteiger partial charge in [0.2, 0.25) is 5.91 Å². The van der Waals surface area contributed by atoms with Crippen molar-refractivity contribution >= 4 is 61.6 Å². The number of hydrogen-bond donors (Lipinski definition) is 0. The molecule has 6 nitrogen and oxygen atoms in total. The fraction of sp³-hybridized carbons (Fsp3) is 0.276. The van der Waals surface area contributed by atoms with Gasteiger partial charge in [0.25, 0.3) is 11.1 Å². The molecule has 0 atom stereocenters. The smallest absolute Gasteiger partial charge is 0.294 e. The molecule has 2 aliphatic rings. The number of fused-ring (bicyclic) bond motifs is 1. The maximum atomic E-state index is 13.1. The van der Waals surface area contributed by atoms with Crippen LogP contribution in [0.2, 0.25) is 0 Å². The Bertz CT molecular complexity index is 1380. The van der Waals surface area contributed by atoms with Gasteiger partial charge >= 0.3 is 0 Å². The second kappa shape index (κ2) is 11.5. The van der Waals surface area contributed by atoms with Gasteiger partial charge in [-0.2, -0.15) is 0 Å². The van der Waals surface area contributed by atoms with E-state index in [4.69, 9.17) is 4.74 Å². The Morgan fingerprint density at radius 3 is 2.49 bits per heavy atom. The van der Waals surface area contributed by atoms with Crippen LogP contribution in [0.1, 0.15) is 36.8 Å². The molecule has 0 unspecified atom stereocenters. The highest BCUT2D eigenvalue weighted by atomic mass is 79.9. The van der Waals surface area contributed by atoms with Gasteiger partial charge < -0.3 is 9.64 Å². The Morgan fingerprint density at radius 1 is 0.946 bits per heavy atom. The highest BCUT2D eigenvalue weighted by Gasteiger charge is 2.37. The molecule has 2 saturated heterocycles. The van der Waals surface area contributed by atoms with Crippen LogP contribution in [0.25, 0.3) is 16.8 Å². The summed E-state index contributed by atoms with van der Waals surface area (Å²) >= 11 is 4.34. The van der Waals surface area contributed by atoms with Crippen molar-refractivity contribution in [3.05, 3.63) is 81.2 Å². The van der Waals surface area contributed by atoms with Crippen LogP contribution in [-0.4, -0.2) is 46.5 Å². The van der Waals surface area contributed by atoms with Crippen molar-refractivity contribution < 1.29 is 19.1 Å². The normalized spacial score (nSPS) is 17.5. The molecule has 0 N–H and O–H groups in total. The van der Waals surface area contributed by atoms with Crippen molar-refractivity contribution in [2.45, 2.75) is 32.3 Å². The summed E-state index contributed by atoms with van der Waals surface area (Å²) in [4.78, 5) is 41.6. The molecule has 8 heteroatoms. The number of hydrogen-bond acceptors (Lipinski definition) is 5. The van der Waals surface area contributed by atoms with E-state index in [9.17, 15) is 14.4 Å². The van der Waals surface area contributed by atoms with Crippen molar-refractivity contribution in [3.8, 4) is 5.75 Å². The van der Waals surface area contributed by atoms with Crippen LogP contribution < -0.4 is 4.74 Å². The molecule has 0 spiro atoms. The van der Waals surface area contributed by atoms with E-state index < -0.39 is 11.1 Å². The number of halogens is 1. The maximum absolute atomic E-state index is 13.1. The molecule has 0 radical (unpaired) electrons. The molecule has 2 fully saturated rings. The van der Waals surface area contributed by atoms with Gasteiger partial charge in [-0.3, -0.25) is 19.3 Å². The molecule has 0 aliphatic carbocycles. The van der Waals surface area contributed by atoms with E-state index in [0.717, 1.165) is 57.8 Å². The number of benzene rings is 3. The molecule has 2 heterocycles. The Hall–Kier alpha value is -3.10. The lowest BCUT2D eigenvalue weighted by molar-refractivity contribution is -0.135. The van der Waals surface area contributed by atoms with Crippen molar-refractivity contribution in [1.82, 2.24) is 9.80 Å². The first-order valence-corrected chi connectivity index (χ1v) is 14.0. The molecular formula is C29H27BrN2O4S. The zero-order valence-corrected chi connectivity index (χ0v) is 22.7. The zero-order chi connectivity index (χ0) is 25.8. The molecule has 5 rings (SSSR count). The lowest BCUT2D eigenvalue weighted by atomic mass is 10.1. The molecule has 0 bridgehead atoms. The standard InChI is InChI=1S/C29H27BrN2O4S/c30-24-11-12-25(36-19-20-9-10-21-7-3-4-8-22(21)15-20)23(16-24)17-26-28(34)32(29(35)37-26)18-27(33)31-13-5-1-2-6-14-31/h3-4,7-12,15-17H,1-2,5-6,13-14,18-19H2. The summed E-state index contributed by atoms with van der Waals surface area (Å²) < 4.78 is 6.96. The first kappa shape index (κ1) is 25.5. The lowest BCUT2D eigenvalue weighted by Crippen LogP contribution is -2.42. The SMILES string of the molecule is O=C(CN1C(=O)SC(=Cc2cc(Br)ccc2OCc2ccc3ccccc3c2)C1=O)N1CCCCCC1. The summed E-state index contributed by atoms with van der Waals surface area (Å²) in [6.45, 7) is 1.51. The minimum atomic E-state index is -0.446. The largest absolute Gasteiger partial charge is 0.488 e. The Morgan fingerprint density at radius 2 is 1.70 bits per heavy atom. The van der Waals surface area contributed by atoms with Crippen LogP contribution in [0, 0.1) is 0 Å². The van der Waals surface area contributed by atoms with E-state index in [1.54, 1.807) is 11.0 Å². The topological polar surface area (TPSA) is 66.9 Å². The number of nitrogens with zero attached hydrogens (tertiary/aromatic N) is 2. The number of imide groups is 1. The number of carbonyl (C=O) groups is 3. The number of thioether (sulfide) groups is 1. The average molecular weight is 580 g/mol. The van der Waals surface area contributed by atoms with Gasteiger partial charge in [0, 0.05) is 23.1 Å². The van der Waals surface area contributed by atoms with Crippen molar-refractivity contribution in [3.63, 3.8) is 0 Å². The molecule has 3 aromatic rings. The minimum absolute atomic E-state index is 0.174. The summed E-state index contributed by atoms with van der Waals surface area (Å²) in [5, 5.41) is 1.89. The number of amides is 3. The Balaban J connectivity index is 1.31.